The van der Waals surface area contributed by atoms with Crippen molar-refractivity contribution < 1.29 is 4.74 Å². The molecule has 1 aromatic rings. The first-order valence-electron chi connectivity index (χ1n) is 6.66. The lowest BCUT2D eigenvalue weighted by Crippen LogP contribution is -2.26. The van der Waals surface area contributed by atoms with E-state index >= 15 is 0 Å². The molecule has 0 spiro atoms. The van der Waals surface area contributed by atoms with E-state index in [2.05, 4.69) is 31.0 Å². The zero-order valence-corrected chi connectivity index (χ0v) is 11.8. The van der Waals surface area contributed by atoms with Crippen molar-refractivity contribution in [3.05, 3.63) is 42.0 Å². The summed E-state index contributed by atoms with van der Waals surface area (Å²) in [4.78, 5) is 0. The molecule has 0 amide bonds. The van der Waals surface area contributed by atoms with Crippen molar-refractivity contribution in [3.63, 3.8) is 0 Å². The molecule has 1 aromatic carbocycles. The molecule has 2 nitrogen and oxygen atoms in total. The Bertz CT molecular complexity index is 356. The smallest absolute Gasteiger partial charge is 0.118 e. The first kappa shape index (κ1) is 14.8. The molecule has 0 heterocycles. The number of aryl methyl sites for hydroxylation is 1. The molecule has 0 aliphatic heterocycles. The first-order valence-corrected chi connectivity index (χ1v) is 6.66. The number of benzene rings is 1. The third kappa shape index (κ3) is 4.92. The number of rotatable bonds is 8. The van der Waals surface area contributed by atoms with Crippen LogP contribution >= 0.6 is 0 Å². The summed E-state index contributed by atoms with van der Waals surface area (Å²) in [5.74, 6) is 0.920. The van der Waals surface area contributed by atoms with Crippen LogP contribution in [-0.2, 0) is 6.42 Å². The summed E-state index contributed by atoms with van der Waals surface area (Å²) in [5, 5.41) is 3.37. The maximum Gasteiger partial charge on any atom is 0.118 e. The molecule has 0 radical (unpaired) electrons. The van der Waals surface area contributed by atoms with Crippen LogP contribution in [-0.4, -0.2) is 20.2 Å². The van der Waals surface area contributed by atoms with Crippen LogP contribution in [0.3, 0.4) is 0 Å². The van der Waals surface area contributed by atoms with Crippen LogP contribution < -0.4 is 10.1 Å². The average molecular weight is 247 g/mol. The van der Waals surface area contributed by atoms with E-state index in [0.29, 0.717) is 6.04 Å². The molecule has 0 aliphatic carbocycles. The lowest BCUT2D eigenvalue weighted by molar-refractivity contribution is 0.414. The molecule has 0 aromatic heterocycles. The number of hydrogen-bond donors (Lipinski definition) is 1. The topological polar surface area (TPSA) is 21.3 Å². The van der Waals surface area contributed by atoms with Gasteiger partial charge in [-0.05, 0) is 50.4 Å². The summed E-state index contributed by atoms with van der Waals surface area (Å²) < 4.78 is 5.16. The van der Waals surface area contributed by atoms with Crippen LogP contribution in [0.4, 0.5) is 0 Å². The monoisotopic (exact) mass is 247 g/mol. The van der Waals surface area contributed by atoms with E-state index in [0.717, 1.165) is 31.4 Å². The summed E-state index contributed by atoms with van der Waals surface area (Å²) >= 11 is 0. The van der Waals surface area contributed by atoms with Crippen LogP contribution in [0.25, 0.3) is 0 Å². The van der Waals surface area contributed by atoms with Gasteiger partial charge in [-0.25, -0.2) is 0 Å². The van der Waals surface area contributed by atoms with E-state index in [4.69, 9.17) is 4.74 Å². The quantitative estimate of drug-likeness (QED) is 0.709. The van der Waals surface area contributed by atoms with Gasteiger partial charge in [-0.1, -0.05) is 31.2 Å². The molecule has 0 aliphatic rings. The van der Waals surface area contributed by atoms with E-state index in [-0.39, 0.29) is 0 Å². The molecule has 100 valence electrons. The summed E-state index contributed by atoms with van der Waals surface area (Å²) in [6.45, 7) is 6.25. The van der Waals surface area contributed by atoms with Gasteiger partial charge < -0.3 is 10.1 Å². The molecule has 18 heavy (non-hydrogen) atoms. The number of hydrogen-bond acceptors (Lipinski definition) is 2. The predicted molar refractivity (Wildman–Crippen MR) is 78.2 cm³/mol. The van der Waals surface area contributed by atoms with Gasteiger partial charge in [0, 0.05) is 6.04 Å². The van der Waals surface area contributed by atoms with Crippen LogP contribution in [0, 0.1) is 0 Å². The highest BCUT2D eigenvalue weighted by atomic mass is 16.5. The normalized spacial score (nSPS) is 12.2. The second kappa shape index (κ2) is 7.93. The molecule has 1 N–H and O–H groups in total. The van der Waals surface area contributed by atoms with Crippen molar-refractivity contribution in [2.24, 2.45) is 0 Å². The Morgan fingerprint density at radius 1 is 1.33 bits per heavy atom. The van der Waals surface area contributed by atoms with Gasteiger partial charge in [0.25, 0.3) is 0 Å². The zero-order chi connectivity index (χ0) is 13.4. The maximum atomic E-state index is 5.16. The van der Waals surface area contributed by atoms with Crippen LogP contribution in [0.1, 0.15) is 31.7 Å². The third-order valence-electron chi connectivity index (χ3n) is 3.38. The standard InChI is InChI=1S/C16H25NO/c1-5-13(2)12-15(17-3)9-6-14-7-10-16(18-4)11-8-14/h7-8,10-11,15,17H,2,5-6,9,12H2,1,3-4H3. The molecule has 1 unspecified atom stereocenters. The van der Waals surface area contributed by atoms with Gasteiger partial charge in [-0.15, -0.1) is 0 Å². The summed E-state index contributed by atoms with van der Waals surface area (Å²) in [6.07, 6.45) is 4.37. The average Bonchev–Trinajstić information content (AvgIpc) is 2.43. The van der Waals surface area contributed by atoms with Gasteiger partial charge >= 0.3 is 0 Å². The fourth-order valence-electron chi connectivity index (χ4n) is 1.97. The minimum Gasteiger partial charge on any atom is -0.497 e. The molecule has 2 heteroatoms. The molecule has 0 fully saturated rings. The van der Waals surface area contributed by atoms with Crippen LogP contribution in [0.15, 0.2) is 36.4 Å². The van der Waals surface area contributed by atoms with Gasteiger partial charge in [0.2, 0.25) is 0 Å². The van der Waals surface area contributed by atoms with E-state index in [1.807, 2.05) is 19.2 Å². The Balaban J connectivity index is 2.43. The van der Waals surface area contributed by atoms with Crippen molar-refractivity contribution >= 4 is 0 Å². The van der Waals surface area contributed by atoms with Gasteiger partial charge in [-0.2, -0.15) is 0 Å². The largest absolute Gasteiger partial charge is 0.497 e. The Labute approximate surface area is 111 Å². The van der Waals surface area contributed by atoms with Gasteiger partial charge in [-0.3, -0.25) is 0 Å². The third-order valence-corrected chi connectivity index (χ3v) is 3.38. The number of ether oxygens (including phenoxy) is 1. The van der Waals surface area contributed by atoms with E-state index < -0.39 is 0 Å². The van der Waals surface area contributed by atoms with Gasteiger partial charge in [0.1, 0.15) is 5.75 Å². The molecular weight excluding hydrogens is 222 g/mol. The molecule has 0 bridgehead atoms. The van der Waals surface area contributed by atoms with Crippen molar-refractivity contribution in [2.75, 3.05) is 14.2 Å². The Morgan fingerprint density at radius 2 is 2.00 bits per heavy atom. The number of methoxy groups -OCH3 is 1. The van der Waals surface area contributed by atoms with Gasteiger partial charge in [0.15, 0.2) is 0 Å². The second-order valence-corrected chi connectivity index (χ2v) is 4.68. The van der Waals surface area contributed by atoms with Crippen LogP contribution in [0.2, 0.25) is 0 Å². The lowest BCUT2D eigenvalue weighted by Gasteiger charge is -2.17. The van der Waals surface area contributed by atoms with Crippen molar-refractivity contribution in [3.8, 4) is 5.75 Å². The Hall–Kier alpha value is -1.28. The molecular formula is C16H25NO. The molecule has 1 rings (SSSR count). The number of nitrogens with one attached hydrogen (secondary N) is 1. The molecule has 0 saturated heterocycles. The minimum absolute atomic E-state index is 0.527. The van der Waals surface area contributed by atoms with E-state index in [1.54, 1.807) is 7.11 Å². The highest BCUT2D eigenvalue weighted by molar-refractivity contribution is 5.27. The first-order chi connectivity index (χ1) is 8.69. The second-order valence-electron chi connectivity index (χ2n) is 4.68. The van der Waals surface area contributed by atoms with E-state index in [1.165, 1.54) is 11.1 Å². The fourth-order valence-corrected chi connectivity index (χ4v) is 1.97. The van der Waals surface area contributed by atoms with Gasteiger partial charge in [0.05, 0.1) is 7.11 Å². The Kier molecular flexibility index (Phi) is 6.51. The highest BCUT2D eigenvalue weighted by Gasteiger charge is 2.07. The Morgan fingerprint density at radius 3 is 2.50 bits per heavy atom. The lowest BCUT2D eigenvalue weighted by atomic mass is 9.99. The summed E-state index contributed by atoms with van der Waals surface area (Å²) in [5.41, 5.74) is 2.68. The fraction of sp³-hybridized carbons (Fsp3) is 0.500. The van der Waals surface area contributed by atoms with Crippen molar-refractivity contribution in [2.45, 2.75) is 38.6 Å². The SMILES string of the molecule is C=C(CC)CC(CCc1ccc(OC)cc1)NC. The summed E-state index contributed by atoms with van der Waals surface area (Å²) in [6, 6.07) is 8.85. The van der Waals surface area contributed by atoms with Crippen LogP contribution in [0.5, 0.6) is 5.75 Å². The van der Waals surface area contributed by atoms with Crippen molar-refractivity contribution in [1.29, 1.82) is 0 Å². The molecule has 0 saturated carbocycles. The summed E-state index contributed by atoms with van der Waals surface area (Å²) in [7, 11) is 3.73. The van der Waals surface area contributed by atoms with E-state index in [9.17, 15) is 0 Å². The van der Waals surface area contributed by atoms with Crippen molar-refractivity contribution in [1.82, 2.24) is 5.32 Å². The maximum absolute atomic E-state index is 5.16. The highest BCUT2D eigenvalue weighted by Crippen LogP contribution is 2.15. The minimum atomic E-state index is 0.527. The zero-order valence-electron chi connectivity index (χ0n) is 11.8. The molecule has 1 atom stereocenters. The predicted octanol–water partition coefficient (Wildman–Crippen LogP) is 3.57.